The van der Waals surface area contributed by atoms with Gasteiger partial charge in [0.15, 0.2) is 11.6 Å². The molecule has 2 saturated carbocycles. The van der Waals surface area contributed by atoms with Crippen molar-refractivity contribution in [3.05, 3.63) is 33.6 Å². The quantitative estimate of drug-likeness (QED) is 0.651. The monoisotopic (exact) mass is 422 g/mol. The smallest absolute Gasteiger partial charge is 0.341 e. The summed E-state index contributed by atoms with van der Waals surface area (Å²) in [6, 6.07) is -0.830. The summed E-state index contributed by atoms with van der Waals surface area (Å²) in [4.78, 5) is 25.7. The first-order valence-electron chi connectivity index (χ1n) is 9.90. The molecule has 5 N–H and O–H groups in total. The number of alkyl halides is 1. The lowest BCUT2D eigenvalue weighted by molar-refractivity contribution is 0.0694. The molecule has 0 bridgehead atoms. The first kappa shape index (κ1) is 19.2. The van der Waals surface area contributed by atoms with Crippen molar-refractivity contribution < 1.29 is 23.1 Å². The molecule has 3 fully saturated rings. The highest BCUT2D eigenvalue weighted by Crippen LogP contribution is 2.47. The van der Waals surface area contributed by atoms with Crippen molar-refractivity contribution in [3.63, 3.8) is 0 Å². The van der Waals surface area contributed by atoms with Crippen LogP contribution < -0.4 is 21.8 Å². The zero-order chi connectivity index (χ0) is 21.5. The minimum atomic E-state index is -1.57. The topological polar surface area (TPSA) is 115 Å². The zero-order valence-electron chi connectivity index (χ0n) is 16.0. The van der Waals surface area contributed by atoms with Gasteiger partial charge in [0, 0.05) is 31.2 Å². The Balaban J connectivity index is 1.73. The Morgan fingerprint density at radius 3 is 2.50 bits per heavy atom. The molecule has 30 heavy (non-hydrogen) atoms. The minimum absolute atomic E-state index is 0.0462. The SMILES string of the molecule is Nc1c(F)c(N2CC[C@@H](C3(N)CC3)C2)c(F)c2c1c(=O)c(C(=O)O)cn2[C@@H]1C[C@@H]1F. The predicted octanol–water partition coefficient (Wildman–Crippen LogP) is 2.16. The number of carboxylic acid groups (broad SMARTS) is 1. The van der Waals surface area contributed by atoms with Gasteiger partial charge >= 0.3 is 5.97 Å². The van der Waals surface area contributed by atoms with E-state index in [2.05, 4.69) is 0 Å². The molecule has 2 heterocycles. The van der Waals surface area contributed by atoms with E-state index in [1.54, 1.807) is 0 Å². The predicted molar refractivity (Wildman–Crippen MR) is 105 cm³/mol. The van der Waals surface area contributed by atoms with Crippen molar-refractivity contribution in [1.82, 2.24) is 4.57 Å². The van der Waals surface area contributed by atoms with Crippen molar-refractivity contribution in [1.29, 1.82) is 0 Å². The fourth-order valence-corrected chi connectivity index (χ4v) is 4.67. The van der Waals surface area contributed by atoms with Gasteiger partial charge in [-0.3, -0.25) is 4.79 Å². The molecule has 0 radical (unpaired) electrons. The van der Waals surface area contributed by atoms with Crippen LogP contribution >= 0.6 is 0 Å². The molecule has 0 amide bonds. The molecule has 7 nitrogen and oxygen atoms in total. The van der Waals surface area contributed by atoms with Gasteiger partial charge in [-0.05, 0) is 25.2 Å². The first-order chi connectivity index (χ1) is 14.1. The molecule has 2 aromatic rings. The number of pyridine rings is 1. The number of hydrogen-bond donors (Lipinski definition) is 3. The van der Waals surface area contributed by atoms with Gasteiger partial charge in [-0.1, -0.05) is 0 Å². The molecule has 5 rings (SSSR count). The second kappa shape index (κ2) is 6.13. The van der Waals surface area contributed by atoms with Crippen LogP contribution in [0.2, 0.25) is 0 Å². The van der Waals surface area contributed by atoms with Crippen LogP contribution in [0.15, 0.2) is 11.0 Å². The van der Waals surface area contributed by atoms with Crippen molar-refractivity contribution in [3.8, 4) is 0 Å². The Labute approximate surface area is 169 Å². The van der Waals surface area contributed by atoms with Gasteiger partial charge in [-0.25, -0.2) is 18.0 Å². The summed E-state index contributed by atoms with van der Waals surface area (Å²) < 4.78 is 45.8. The number of nitrogens with zero attached hydrogens (tertiary/aromatic N) is 2. The molecule has 3 aliphatic rings. The number of aromatic carboxylic acids is 1. The number of carbonyl (C=O) groups is 1. The largest absolute Gasteiger partial charge is 0.477 e. The van der Waals surface area contributed by atoms with Crippen LogP contribution in [0.4, 0.5) is 24.5 Å². The highest BCUT2D eigenvalue weighted by molar-refractivity contribution is 5.99. The van der Waals surface area contributed by atoms with E-state index in [9.17, 15) is 19.1 Å². The van der Waals surface area contributed by atoms with Crippen LogP contribution in [0, 0.1) is 17.6 Å². The van der Waals surface area contributed by atoms with E-state index in [4.69, 9.17) is 11.5 Å². The van der Waals surface area contributed by atoms with Crippen molar-refractivity contribution in [2.75, 3.05) is 23.7 Å². The molecule has 1 aliphatic heterocycles. The molecule has 0 spiro atoms. The van der Waals surface area contributed by atoms with Crippen molar-refractivity contribution in [2.45, 2.75) is 43.4 Å². The van der Waals surface area contributed by atoms with Crippen LogP contribution in [0.5, 0.6) is 0 Å². The Morgan fingerprint density at radius 2 is 1.93 bits per heavy atom. The number of benzene rings is 1. The first-order valence-corrected chi connectivity index (χ1v) is 9.90. The van der Waals surface area contributed by atoms with Gasteiger partial charge in [0.25, 0.3) is 0 Å². The van der Waals surface area contributed by atoms with E-state index >= 15 is 8.78 Å². The van der Waals surface area contributed by atoms with E-state index in [1.807, 2.05) is 0 Å². The Morgan fingerprint density at radius 1 is 1.27 bits per heavy atom. The molecular weight excluding hydrogens is 401 g/mol. The third-order valence-corrected chi connectivity index (χ3v) is 6.78. The maximum Gasteiger partial charge on any atom is 0.341 e. The highest BCUT2D eigenvalue weighted by atomic mass is 19.1. The Kier molecular flexibility index (Phi) is 3.93. The summed E-state index contributed by atoms with van der Waals surface area (Å²) in [6.07, 6.45) is 2.07. The third-order valence-electron chi connectivity index (χ3n) is 6.78. The number of carboxylic acids is 1. The molecule has 1 aromatic heterocycles. The van der Waals surface area contributed by atoms with Gasteiger partial charge in [-0.2, -0.15) is 0 Å². The molecule has 160 valence electrons. The number of halogens is 3. The zero-order valence-corrected chi connectivity index (χ0v) is 16.0. The average molecular weight is 422 g/mol. The van der Waals surface area contributed by atoms with Gasteiger partial charge < -0.3 is 26.0 Å². The Hall–Kier alpha value is -2.75. The van der Waals surface area contributed by atoms with Crippen molar-refractivity contribution >= 4 is 28.2 Å². The van der Waals surface area contributed by atoms with E-state index in [-0.39, 0.29) is 29.1 Å². The normalized spacial score (nSPS) is 26.9. The van der Waals surface area contributed by atoms with E-state index < -0.39 is 51.9 Å². The number of anilines is 2. The van der Waals surface area contributed by atoms with Crippen LogP contribution in [0.3, 0.4) is 0 Å². The second-order valence-electron chi connectivity index (χ2n) is 8.68. The number of aromatic nitrogens is 1. The minimum Gasteiger partial charge on any atom is -0.477 e. The van der Waals surface area contributed by atoms with Crippen LogP contribution in [0.1, 0.15) is 42.1 Å². The fraction of sp³-hybridized carbons (Fsp3) is 0.500. The highest BCUT2D eigenvalue weighted by Gasteiger charge is 2.49. The van der Waals surface area contributed by atoms with Gasteiger partial charge in [-0.15, -0.1) is 0 Å². The number of fused-ring (bicyclic) bond motifs is 1. The molecule has 2 aliphatic carbocycles. The summed E-state index contributed by atoms with van der Waals surface area (Å²) in [5.74, 6) is -3.63. The van der Waals surface area contributed by atoms with Crippen LogP contribution in [0.25, 0.3) is 10.9 Å². The van der Waals surface area contributed by atoms with Gasteiger partial charge in [0.05, 0.1) is 22.6 Å². The molecule has 0 unspecified atom stereocenters. The maximum atomic E-state index is 15.7. The summed E-state index contributed by atoms with van der Waals surface area (Å²) in [5, 5.41) is 8.76. The standard InChI is InChI=1S/C20H21F3N4O3/c21-10-5-11(10)27-7-9(19(29)30)18(28)12-15(24)13(22)17(14(23)16(12)27)26-4-1-8(6-26)20(25)2-3-20/h7-8,10-11H,1-6,24-25H2,(H,29,30)/t8-,10+,11-/m1/s1. The fourth-order valence-electron chi connectivity index (χ4n) is 4.67. The Bertz CT molecular complexity index is 1160. The third kappa shape index (κ3) is 2.62. The average Bonchev–Trinajstić information content (AvgIpc) is 3.55. The van der Waals surface area contributed by atoms with Crippen molar-refractivity contribution in [2.24, 2.45) is 11.7 Å². The van der Waals surface area contributed by atoms with Gasteiger partial charge in [0.1, 0.15) is 17.4 Å². The molecular formula is C20H21F3N4O3. The number of rotatable bonds is 4. The van der Waals surface area contributed by atoms with Crippen LogP contribution in [-0.2, 0) is 0 Å². The lowest BCUT2D eigenvalue weighted by Crippen LogP contribution is -2.35. The number of hydrogen-bond acceptors (Lipinski definition) is 5. The number of nitrogens with two attached hydrogens (primary N) is 2. The molecule has 10 heteroatoms. The lowest BCUT2D eigenvalue weighted by Gasteiger charge is -2.24. The molecule has 1 saturated heterocycles. The van der Waals surface area contributed by atoms with Gasteiger partial charge in [0.2, 0.25) is 5.43 Å². The summed E-state index contributed by atoms with van der Waals surface area (Å²) in [7, 11) is 0. The maximum absolute atomic E-state index is 15.7. The summed E-state index contributed by atoms with van der Waals surface area (Å²) >= 11 is 0. The van der Waals surface area contributed by atoms with E-state index in [1.165, 1.54) is 4.90 Å². The molecule has 3 atom stereocenters. The number of nitrogen functional groups attached to an aromatic ring is 1. The van der Waals surface area contributed by atoms with E-state index in [0.717, 1.165) is 23.6 Å². The van der Waals surface area contributed by atoms with Crippen LogP contribution in [-0.4, -0.2) is 40.4 Å². The molecule has 1 aromatic carbocycles. The lowest BCUT2D eigenvalue weighted by atomic mass is 9.97. The second-order valence-corrected chi connectivity index (χ2v) is 8.68. The summed E-state index contributed by atoms with van der Waals surface area (Å²) in [6.45, 7) is 0.719. The van der Waals surface area contributed by atoms with E-state index in [0.29, 0.717) is 19.5 Å². The summed E-state index contributed by atoms with van der Waals surface area (Å²) in [5.41, 5.74) is 8.68.